The molecule has 0 saturated carbocycles. The number of unbranched alkanes of at least 4 members (excludes halogenated alkanes) is 7. The van der Waals surface area contributed by atoms with Crippen LogP contribution in [-0.2, 0) is 9.53 Å². The molecule has 0 aliphatic rings. The second-order valence-electron chi connectivity index (χ2n) is 5.31. The predicted octanol–water partition coefficient (Wildman–Crippen LogP) is 5.25. The zero-order valence-corrected chi connectivity index (χ0v) is 12.7. The summed E-state index contributed by atoms with van der Waals surface area (Å²) in [5, 5.41) is 0. The zero-order chi connectivity index (χ0) is 13.6. The number of hydrogen-bond acceptors (Lipinski definition) is 2. The van der Waals surface area contributed by atoms with Gasteiger partial charge in [0.25, 0.3) is 0 Å². The standard InChI is InChI=1S/C16H32O2/c1-4-6-8-9-10-12-14-16(17)18-15(3)13-11-7-5-2/h15H,4-14H2,1-3H3. The Morgan fingerprint density at radius 1 is 0.889 bits per heavy atom. The van der Waals surface area contributed by atoms with E-state index in [1.807, 2.05) is 6.92 Å². The third-order valence-corrected chi connectivity index (χ3v) is 3.28. The lowest BCUT2D eigenvalue weighted by Gasteiger charge is -2.12. The van der Waals surface area contributed by atoms with Crippen LogP contribution in [0.4, 0.5) is 0 Å². The van der Waals surface area contributed by atoms with Gasteiger partial charge in [-0.3, -0.25) is 4.79 Å². The fraction of sp³-hybridized carbons (Fsp3) is 0.938. The summed E-state index contributed by atoms with van der Waals surface area (Å²) < 4.78 is 5.39. The summed E-state index contributed by atoms with van der Waals surface area (Å²) in [6.07, 6.45) is 12.6. The molecule has 2 heteroatoms. The molecule has 0 saturated heterocycles. The maximum absolute atomic E-state index is 11.6. The molecule has 0 aromatic carbocycles. The molecule has 1 unspecified atom stereocenters. The first-order valence-corrected chi connectivity index (χ1v) is 7.90. The van der Waals surface area contributed by atoms with Crippen LogP contribution in [0.2, 0.25) is 0 Å². The molecule has 0 heterocycles. The molecule has 0 aliphatic heterocycles. The second kappa shape index (κ2) is 12.9. The molecular formula is C16H32O2. The molecule has 0 bridgehead atoms. The largest absolute Gasteiger partial charge is 0.463 e. The average molecular weight is 256 g/mol. The van der Waals surface area contributed by atoms with Gasteiger partial charge in [-0.25, -0.2) is 0 Å². The molecule has 2 nitrogen and oxygen atoms in total. The van der Waals surface area contributed by atoms with E-state index in [0.717, 1.165) is 12.8 Å². The molecule has 0 fully saturated rings. The summed E-state index contributed by atoms with van der Waals surface area (Å²) >= 11 is 0. The van der Waals surface area contributed by atoms with Gasteiger partial charge in [0.05, 0.1) is 6.10 Å². The van der Waals surface area contributed by atoms with Crippen LogP contribution in [0.15, 0.2) is 0 Å². The third kappa shape index (κ3) is 11.9. The first-order valence-electron chi connectivity index (χ1n) is 7.90. The van der Waals surface area contributed by atoms with Crippen LogP contribution in [0.1, 0.15) is 91.4 Å². The SMILES string of the molecule is CCCCCCCCC(=O)OC(C)CCCCC. The third-order valence-electron chi connectivity index (χ3n) is 3.28. The smallest absolute Gasteiger partial charge is 0.306 e. The van der Waals surface area contributed by atoms with Gasteiger partial charge in [-0.15, -0.1) is 0 Å². The van der Waals surface area contributed by atoms with E-state index >= 15 is 0 Å². The number of ether oxygens (including phenoxy) is 1. The van der Waals surface area contributed by atoms with Gasteiger partial charge in [0, 0.05) is 6.42 Å². The van der Waals surface area contributed by atoms with E-state index in [9.17, 15) is 4.79 Å². The molecule has 0 rings (SSSR count). The molecule has 0 aromatic heterocycles. The fourth-order valence-electron chi connectivity index (χ4n) is 2.07. The van der Waals surface area contributed by atoms with Gasteiger partial charge in [0.2, 0.25) is 0 Å². The van der Waals surface area contributed by atoms with E-state index in [4.69, 9.17) is 4.74 Å². The van der Waals surface area contributed by atoms with E-state index in [1.165, 1.54) is 51.4 Å². The van der Waals surface area contributed by atoms with E-state index in [0.29, 0.717) is 6.42 Å². The van der Waals surface area contributed by atoms with Crippen molar-refractivity contribution < 1.29 is 9.53 Å². The van der Waals surface area contributed by atoms with Crippen molar-refractivity contribution in [2.24, 2.45) is 0 Å². The number of carbonyl (C=O) groups is 1. The van der Waals surface area contributed by atoms with E-state index in [-0.39, 0.29) is 12.1 Å². The molecule has 18 heavy (non-hydrogen) atoms. The van der Waals surface area contributed by atoms with Crippen molar-refractivity contribution in [1.82, 2.24) is 0 Å². The average Bonchev–Trinajstić information content (AvgIpc) is 2.34. The quantitative estimate of drug-likeness (QED) is 0.352. The van der Waals surface area contributed by atoms with Gasteiger partial charge in [-0.05, 0) is 26.2 Å². The van der Waals surface area contributed by atoms with Crippen molar-refractivity contribution in [3.05, 3.63) is 0 Å². The zero-order valence-electron chi connectivity index (χ0n) is 12.7. The van der Waals surface area contributed by atoms with Gasteiger partial charge in [0.1, 0.15) is 0 Å². The number of rotatable bonds is 12. The monoisotopic (exact) mass is 256 g/mol. The molecule has 0 amide bonds. The van der Waals surface area contributed by atoms with Crippen LogP contribution in [0.5, 0.6) is 0 Å². The molecule has 1 atom stereocenters. The normalized spacial score (nSPS) is 12.4. The molecule has 0 spiro atoms. The molecule has 0 aliphatic carbocycles. The highest BCUT2D eigenvalue weighted by Crippen LogP contribution is 2.10. The highest BCUT2D eigenvalue weighted by Gasteiger charge is 2.08. The summed E-state index contributed by atoms with van der Waals surface area (Å²) in [6, 6.07) is 0. The van der Waals surface area contributed by atoms with Gasteiger partial charge in [-0.2, -0.15) is 0 Å². The minimum atomic E-state index is -0.00510. The molecule has 0 aromatic rings. The Balaban J connectivity index is 3.35. The van der Waals surface area contributed by atoms with Gasteiger partial charge in [-0.1, -0.05) is 58.8 Å². The summed E-state index contributed by atoms with van der Waals surface area (Å²) in [5.41, 5.74) is 0. The summed E-state index contributed by atoms with van der Waals surface area (Å²) in [6.45, 7) is 6.42. The number of carbonyl (C=O) groups excluding carboxylic acids is 1. The van der Waals surface area contributed by atoms with E-state index < -0.39 is 0 Å². The maximum atomic E-state index is 11.6. The fourth-order valence-corrected chi connectivity index (χ4v) is 2.07. The summed E-state index contributed by atoms with van der Waals surface area (Å²) in [4.78, 5) is 11.6. The topological polar surface area (TPSA) is 26.3 Å². The highest BCUT2D eigenvalue weighted by molar-refractivity contribution is 5.69. The van der Waals surface area contributed by atoms with Crippen LogP contribution in [0.25, 0.3) is 0 Å². The Morgan fingerprint density at radius 2 is 1.44 bits per heavy atom. The Morgan fingerprint density at radius 3 is 2.11 bits per heavy atom. The second-order valence-corrected chi connectivity index (χ2v) is 5.31. The van der Waals surface area contributed by atoms with Crippen LogP contribution in [-0.4, -0.2) is 12.1 Å². The first kappa shape index (κ1) is 17.5. The number of esters is 1. The Hall–Kier alpha value is -0.530. The minimum absolute atomic E-state index is 0.00510. The van der Waals surface area contributed by atoms with Crippen LogP contribution in [0.3, 0.4) is 0 Å². The van der Waals surface area contributed by atoms with Crippen LogP contribution < -0.4 is 0 Å². The molecule has 0 radical (unpaired) electrons. The molecule has 0 N–H and O–H groups in total. The lowest BCUT2D eigenvalue weighted by molar-refractivity contribution is -0.148. The van der Waals surface area contributed by atoms with Crippen molar-refractivity contribution >= 4 is 5.97 Å². The van der Waals surface area contributed by atoms with Gasteiger partial charge in [0.15, 0.2) is 0 Å². The number of hydrogen-bond donors (Lipinski definition) is 0. The predicted molar refractivity (Wildman–Crippen MR) is 77.7 cm³/mol. The maximum Gasteiger partial charge on any atom is 0.306 e. The van der Waals surface area contributed by atoms with Crippen LogP contribution >= 0.6 is 0 Å². The van der Waals surface area contributed by atoms with Crippen molar-refractivity contribution in [2.75, 3.05) is 0 Å². The summed E-state index contributed by atoms with van der Waals surface area (Å²) in [7, 11) is 0. The summed E-state index contributed by atoms with van der Waals surface area (Å²) in [5.74, 6) is -0.00510. The van der Waals surface area contributed by atoms with E-state index in [1.54, 1.807) is 0 Å². The Kier molecular flexibility index (Phi) is 12.5. The molecule has 108 valence electrons. The highest BCUT2D eigenvalue weighted by atomic mass is 16.5. The van der Waals surface area contributed by atoms with Crippen molar-refractivity contribution in [2.45, 2.75) is 97.5 Å². The Labute approximate surface area is 113 Å². The van der Waals surface area contributed by atoms with Crippen molar-refractivity contribution in [3.8, 4) is 0 Å². The van der Waals surface area contributed by atoms with Gasteiger partial charge >= 0.3 is 5.97 Å². The molecular weight excluding hydrogens is 224 g/mol. The van der Waals surface area contributed by atoms with Crippen LogP contribution in [0, 0.1) is 0 Å². The lowest BCUT2D eigenvalue weighted by atomic mass is 10.1. The lowest BCUT2D eigenvalue weighted by Crippen LogP contribution is -2.14. The first-order chi connectivity index (χ1) is 8.70. The Bertz CT molecular complexity index is 190. The van der Waals surface area contributed by atoms with Crippen molar-refractivity contribution in [1.29, 1.82) is 0 Å². The van der Waals surface area contributed by atoms with Gasteiger partial charge < -0.3 is 4.74 Å². The minimum Gasteiger partial charge on any atom is -0.463 e. The van der Waals surface area contributed by atoms with Crippen molar-refractivity contribution in [3.63, 3.8) is 0 Å². The van der Waals surface area contributed by atoms with E-state index in [2.05, 4.69) is 13.8 Å².